The summed E-state index contributed by atoms with van der Waals surface area (Å²) in [5.41, 5.74) is 0.0730. The van der Waals surface area contributed by atoms with Gasteiger partial charge in [0, 0.05) is 71.1 Å². The molecule has 0 bridgehead atoms. The van der Waals surface area contributed by atoms with Crippen LogP contribution in [-0.2, 0) is 0 Å². The van der Waals surface area contributed by atoms with Crippen LogP contribution in [0.15, 0.2) is 29.5 Å². The molecule has 196 valence electrons. The third kappa shape index (κ3) is 5.22. The van der Waals surface area contributed by atoms with E-state index in [1.165, 1.54) is 17.1 Å². The van der Waals surface area contributed by atoms with Crippen molar-refractivity contribution >= 4 is 24.1 Å². The van der Waals surface area contributed by atoms with Gasteiger partial charge in [-0.2, -0.15) is 5.10 Å². The van der Waals surface area contributed by atoms with E-state index in [1.807, 2.05) is 7.05 Å². The lowest BCUT2D eigenvalue weighted by Crippen LogP contribution is -2.52. The van der Waals surface area contributed by atoms with Crippen LogP contribution >= 0.6 is 0 Å². The van der Waals surface area contributed by atoms with Crippen molar-refractivity contribution < 1.29 is 22.8 Å². The molecule has 0 saturated carbocycles. The molecule has 1 aromatic heterocycles. The quantitative estimate of drug-likeness (QED) is 0.620. The van der Waals surface area contributed by atoms with Gasteiger partial charge in [0.15, 0.2) is 11.5 Å². The number of hydrazone groups is 1. The fraction of sp³-hybridized carbons (Fsp3) is 0.458. The molecule has 0 N–H and O–H groups in total. The van der Waals surface area contributed by atoms with Crippen molar-refractivity contribution in [1.82, 2.24) is 29.7 Å². The molecule has 2 saturated heterocycles. The van der Waals surface area contributed by atoms with Crippen molar-refractivity contribution in [2.24, 2.45) is 5.10 Å². The highest BCUT2D eigenvalue weighted by Crippen LogP contribution is 2.30. The topological polar surface area (TPSA) is 88.5 Å². The Morgan fingerprint density at radius 3 is 2.22 bits per heavy atom. The van der Waals surface area contributed by atoms with Crippen LogP contribution in [0.5, 0.6) is 0 Å². The Morgan fingerprint density at radius 2 is 1.54 bits per heavy atom. The van der Waals surface area contributed by atoms with Gasteiger partial charge in [-0.15, -0.1) is 0 Å². The zero-order chi connectivity index (χ0) is 26.1. The monoisotopic (exact) mass is 516 g/mol. The number of hydrogen-bond donors (Lipinski definition) is 0. The third-order valence-corrected chi connectivity index (χ3v) is 6.85. The molecule has 10 nitrogen and oxygen atoms in total. The van der Waals surface area contributed by atoms with Crippen LogP contribution in [0, 0.1) is 17.5 Å². The summed E-state index contributed by atoms with van der Waals surface area (Å²) in [6.07, 6.45) is 2.90. The van der Waals surface area contributed by atoms with Crippen LogP contribution in [0.1, 0.15) is 28.5 Å². The third-order valence-electron chi connectivity index (χ3n) is 6.85. The summed E-state index contributed by atoms with van der Waals surface area (Å²) in [5, 5.41) is 5.38. The zero-order valence-electron chi connectivity index (χ0n) is 20.4. The predicted octanol–water partition coefficient (Wildman–Crippen LogP) is 1.96. The van der Waals surface area contributed by atoms with Crippen molar-refractivity contribution in [2.45, 2.75) is 12.5 Å². The highest BCUT2D eigenvalue weighted by Gasteiger charge is 2.34. The Morgan fingerprint density at radius 1 is 0.892 bits per heavy atom. The molecule has 37 heavy (non-hydrogen) atoms. The van der Waals surface area contributed by atoms with Crippen LogP contribution in [0.4, 0.5) is 23.9 Å². The molecule has 3 aliphatic rings. The number of carbonyl (C=O) groups excluding carboxylic acids is 2. The molecule has 3 aliphatic heterocycles. The van der Waals surface area contributed by atoms with Crippen LogP contribution < -0.4 is 4.90 Å². The number of likely N-dealkylation sites (N-methyl/N-ethyl adjacent to an activating group) is 1. The van der Waals surface area contributed by atoms with Crippen molar-refractivity contribution in [2.75, 3.05) is 64.3 Å². The summed E-state index contributed by atoms with van der Waals surface area (Å²) in [6, 6.07) is 2.21. The fourth-order valence-corrected chi connectivity index (χ4v) is 4.70. The van der Waals surface area contributed by atoms with Crippen molar-refractivity contribution in [3.63, 3.8) is 0 Å². The lowest BCUT2D eigenvalue weighted by molar-refractivity contribution is 0.0653. The van der Waals surface area contributed by atoms with Gasteiger partial charge < -0.3 is 19.6 Å². The lowest BCUT2D eigenvalue weighted by Gasteiger charge is -2.37. The van der Waals surface area contributed by atoms with E-state index in [-0.39, 0.29) is 17.7 Å². The highest BCUT2D eigenvalue weighted by molar-refractivity contribution is 5.93. The maximum atomic E-state index is 14.5. The molecular weight excluding hydrogens is 489 g/mol. The normalized spacial score (nSPS) is 20.6. The molecule has 3 amide bonds. The highest BCUT2D eigenvalue weighted by atomic mass is 19.1. The van der Waals surface area contributed by atoms with Crippen LogP contribution in [0.25, 0.3) is 0 Å². The van der Waals surface area contributed by atoms with Gasteiger partial charge in [-0.05, 0) is 24.7 Å². The van der Waals surface area contributed by atoms with Gasteiger partial charge in [0.1, 0.15) is 11.6 Å². The molecule has 1 atom stereocenters. The van der Waals surface area contributed by atoms with E-state index in [4.69, 9.17) is 0 Å². The smallest absolute Gasteiger partial charge is 0.337 e. The zero-order valence-corrected chi connectivity index (χ0v) is 20.4. The van der Waals surface area contributed by atoms with E-state index in [1.54, 1.807) is 20.9 Å². The Labute approximate surface area is 212 Å². The first kappa shape index (κ1) is 24.9. The number of benzene rings is 1. The first-order valence-corrected chi connectivity index (χ1v) is 12.1. The van der Waals surface area contributed by atoms with Gasteiger partial charge in [-0.1, -0.05) is 0 Å². The first-order chi connectivity index (χ1) is 17.8. The molecule has 1 unspecified atom stereocenters. The van der Waals surface area contributed by atoms with Crippen molar-refractivity contribution in [3.8, 4) is 0 Å². The summed E-state index contributed by atoms with van der Waals surface area (Å²) < 4.78 is 41.9. The molecule has 0 spiro atoms. The maximum Gasteiger partial charge on any atom is 0.341 e. The molecule has 1 aromatic carbocycles. The van der Waals surface area contributed by atoms with E-state index < -0.39 is 29.4 Å². The summed E-state index contributed by atoms with van der Waals surface area (Å²) in [4.78, 5) is 41.4. The second kappa shape index (κ2) is 10.3. The van der Waals surface area contributed by atoms with Crippen LogP contribution in [0.2, 0.25) is 0 Å². The lowest BCUT2D eigenvalue weighted by atomic mass is 10.0. The molecule has 2 aromatic rings. The standard InChI is InChI=1S/C24H27F3N8O2/c1-31-4-6-32(7-5-31)22(36)21-19(27)15-28-23(30-21)33-8-10-34(11-9-33)24(37)35-20(2-3-29-35)16-12-17(25)14-18(26)13-16/h3,12-15,20H,2,4-11H2,1H3. The van der Waals surface area contributed by atoms with Crippen LogP contribution in [0.3, 0.4) is 0 Å². The van der Waals surface area contributed by atoms with Gasteiger partial charge in [-0.3, -0.25) is 4.79 Å². The van der Waals surface area contributed by atoms with Crippen molar-refractivity contribution in [3.05, 3.63) is 53.1 Å². The number of aromatic nitrogens is 2. The number of urea groups is 1. The van der Waals surface area contributed by atoms with Gasteiger partial charge in [0.2, 0.25) is 5.95 Å². The van der Waals surface area contributed by atoms with Gasteiger partial charge in [0.05, 0.1) is 12.2 Å². The minimum atomic E-state index is -0.770. The average molecular weight is 517 g/mol. The van der Waals surface area contributed by atoms with Gasteiger partial charge in [0.25, 0.3) is 5.91 Å². The Balaban J connectivity index is 1.23. The second-order valence-corrected chi connectivity index (χ2v) is 9.32. The largest absolute Gasteiger partial charge is 0.341 e. The molecule has 0 radical (unpaired) electrons. The van der Waals surface area contributed by atoms with E-state index in [2.05, 4.69) is 20.0 Å². The fourth-order valence-electron chi connectivity index (χ4n) is 4.70. The Kier molecular flexibility index (Phi) is 6.96. The minimum Gasteiger partial charge on any atom is -0.337 e. The summed E-state index contributed by atoms with van der Waals surface area (Å²) >= 11 is 0. The number of piperazine rings is 2. The average Bonchev–Trinajstić information content (AvgIpc) is 3.38. The summed E-state index contributed by atoms with van der Waals surface area (Å²) in [7, 11) is 1.97. The molecular formula is C24H27F3N8O2. The molecule has 4 heterocycles. The number of halogens is 3. The number of anilines is 1. The van der Waals surface area contributed by atoms with E-state index in [9.17, 15) is 22.8 Å². The van der Waals surface area contributed by atoms with Crippen molar-refractivity contribution in [1.29, 1.82) is 0 Å². The molecule has 5 rings (SSSR count). The predicted molar refractivity (Wildman–Crippen MR) is 129 cm³/mol. The second-order valence-electron chi connectivity index (χ2n) is 9.32. The molecule has 0 aliphatic carbocycles. The van der Waals surface area contributed by atoms with Gasteiger partial charge >= 0.3 is 6.03 Å². The molecule has 13 heteroatoms. The van der Waals surface area contributed by atoms with Gasteiger partial charge in [-0.25, -0.2) is 32.9 Å². The number of carbonyl (C=O) groups is 2. The van der Waals surface area contributed by atoms with Crippen LogP contribution in [-0.4, -0.2) is 107 Å². The summed E-state index contributed by atoms with van der Waals surface area (Å²) in [5.74, 6) is -2.44. The number of nitrogens with zero attached hydrogens (tertiary/aromatic N) is 8. The number of hydrogen-bond acceptors (Lipinski definition) is 7. The number of amides is 3. The van der Waals surface area contributed by atoms with E-state index in [0.717, 1.165) is 12.3 Å². The molecule has 2 fully saturated rings. The number of rotatable bonds is 3. The Hall–Kier alpha value is -3.74. The Bertz CT molecular complexity index is 1190. The SMILES string of the molecule is CN1CCN(C(=O)c2nc(N3CCN(C(=O)N4N=CCC4c4cc(F)cc(F)c4)CC3)ncc2F)CC1. The van der Waals surface area contributed by atoms with E-state index >= 15 is 0 Å². The first-order valence-electron chi connectivity index (χ1n) is 12.1. The van der Waals surface area contributed by atoms with E-state index in [0.29, 0.717) is 64.3 Å². The maximum absolute atomic E-state index is 14.5. The minimum absolute atomic E-state index is 0.221. The summed E-state index contributed by atoms with van der Waals surface area (Å²) in [6.45, 7) is 3.73.